The summed E-state index contributed by atoms with van der Waals surface area (Å²) in [5, 5.41) is 5.94. The Labute approximate surface area is 259 Å². The van der Waals surface area contributed by atoms with Gasteiger partial charge in [-0.15, -0.1) is 0 Å². The molecule has 0 aliphatic carbocycles. The first-order chi connectivity index (χ1) is 22.1. The lowest BCUT2D eigenvalue weighted by Gasteiger charge is -2.18. The van der Waals surface area contributed by atoms with Crippen LogP contribution in [0, 0.1) is 0 Å². The molecule has 0 spiro atoms. The van der Waals surface area contributed by atoms with E-state index < -0.39 is 12.3 Å². The predicted octanol–water partition coefficient (Wildman–Crippen LogP) is 10.4. The van der Waals surface area contributed by atoms with E-state index in [2.05, 4.69) is 6.92 Å². The van der Waals surface area contributed by atoms with Crippen LogP contribution in [0.4, 0.5) is 9.59 Å². The van der Waals surface area contributed by atoms with E-state index in [1.165, 1.54) is 0 Å². The summed E-state index contributed by atoms with van der Waals surface area (Å²) in [7, 11) is 0. The van der Waals surface area contributed by atoms with Crippen molar-refractivity contribution in [2.45, 2.75) is 19.8 Å². The zero-order valence-electron chi connectivity index (χ0n) is 24.5. The summed E-state index contributed by atoms with van der Waals surface area (Å²) < 4.78 is 23.5. The molecule has 0 aliphatic heterocycles. The van der Waals surface area contributed by atoms with Crippen molar-refractivity contribution >= 4 is 55.4 Å². The Bertz CT molecular complexity index is 2230. The van der Waals surface area contributed by atoms with Gasteiger partial charge in [0.25, 0.3) is 0 Å². The molecule has 0 N–H and O–H groups in total. The summed E-state index contributed by atoms with van der Waals surface area (Å²) in [6, 6.07) is 39.5. The molecule has 0 bridgehead atoms. The van der Waals surface area contributed by atoms with Crippen LogP contribution in [-0.4, -0.2) is 12.3 Å². The molecule has 7 aromatic carbocycles. The molecule has 0 aliphatic rings. The van der Waals surface area contributed by atoms with Crippen LogP contribution in [0.15, 0.2) is 127 Å². The van der Waals surface area contributed by atoms with Gasteiger partial charge in [0.05, 0.1) is 0 Å². The van der Waals surface area contributed by atoms with E-state index in [-0.39, 0.29) is 0 Å². The fourth-order valence-electron chi connectivity index (χ4n) is 5.87. The van der Waals surface area contributed by atoms with Gasteiger partial charge < -0.3 is 18.9 Å². The van der Waals surface area contributed by atoms with E-state index in [9.17, 15) is 9.59 Å². The third-order valence-corrected chi connectivity index (χ3v) is 7.81. The molecule has 0 heterocycles. The first kappa shape index (κ1) is 27.9. The van der Waals surface area contributed by atoms with Crippen molar-refractivity contribution in [3.63, 3.8) is 0 Å². The smallest absolute Gasteiger partial charge is 0.394 e. The van der Waals surface area contributed by atoms with Crippen LogP contribution in [0.2, 0.25) is 0 Å². The van der Waals surface area contributed by atoms with E-state index in [1.54, 1.807) is 12.1 Å². The van der Waals surface area contributed by atoms with E-state index >= 15 is 0 Å². The van der Waals surface area contributed by atoms with Crippen molar-refractivity contribution in [3.8, 4) is 23.0 Å². The topological polar surface area (TPSA) is 71.1 Å². The zero-order chi connectivity index (χ0) is 30.8. The molecule has 0 saturated carbocycles. The standard InChI is InChI=1S/C39H28O6/c1-2-12-27-17-9-22-32-35(27)37(45-39(41)43-34-24-11-16-26-14-4-6-19-29(26)34)31-21-8-7-20-30(31)36(32)44-38(40)42-33-23-10-15-25-13-3-5-18-28(25)33/h3-11,13-24H,2,12H2,1H3. The van der Waals surface area contributed by atoms with Crippen molar-refractivity contribution in [2.24, 2.45) is 0 Å². The summed E-state index contributed by atoms with van der Waals surface area (Å²) in [5.41, 5.74) is 0.945. The molecular formula is C39H28O6. The maximum Gasteiger partial charge on any atom is 0.519 e. The summed E-state index contributed by atoms with van der Waals surface area (Å²) in [5.74, 6) is 1.45. The second-order valence-electron chi connectivity index (χ2n) is 10.7. The maximum atomic E-state index is 13.4. The van der Waals surface area contributed by atoms with Gasteiger partial charge in [-0.2, -0.15) is 0 Å². The number of benzene rings is 7. The van der Waals surface area contributed by atoms with Crippen LogP contribution in [0.5, 0.6) is 23.0 Å². The molecule has 6 heteroatoms. The van der Waals surface area contributed by atoms with Crippen LogP contribution in [-0.2, 0) is 6.42 Å². The van der Waals surface area contributed by atoms with Crippen molar-refractivity contribution in [2.75, 3.05) is 0 Å². The van der Waals surface area contributed by atoms with Crippen LogP contribution >= 0.6 is 0 Å². The predicted molar refractivity (Wildman–Crippen MR) is 177 cm³/mol. The van der Waals surface area contributed by atoms with Crippen molar-refractivity contribution in [1.29, 1.82) is 0 Å². The summed E-state index contributed by atoms with van der Waals surface area (Å²) in [6.45, 7) is 2.08. The first-order valence-corrected chi connectivity index (χ1v) is 14.8. The molecule has 0 aromatic heterocycles. The number of ether oxygens (including phenoxy) is 4. The van der Waals surface area contributed by atoms with Crippen molar-refractivity contribution < 1.29 is 28.5 Å². The first-order valence-electron chi connectivity index (χ1n) is 14.8. The molecule has 7 rings (SSSR count). The van der Waals surface area contributed by atoms with Gasteiger partial charge in [0, 0.05) is 32.3 Å². The second-order valence-corrected chi connectivity index (χ2v) is 10.7. The Balaban J connectivity index is 1.30. The van der Waals surface area contributed by atoms with Gasteiger partial charge in [0.1, 0.15) is 17.2 Å². The summed E-state index contributed by atoms with van der Waals surface area (Å²) >= 11 is 0. The number of fused-ring (bicyclic) bond motifs is 4. The minimum Gasteiger partial charge on any atom is -0.394 e. The average molecular weight is 593 g/mol. The van der Waals surface area contributed by atoms with Crippen LogP contribution < -0.4 is 18.9 Å². The van der Waals surface area contributed by atoms with Gasteiger partial charge in [-0.1, -0.05) is 129 Å². The van der Waals surface area contributed by atoms with Gasteiger partial charge in [0.15, 0.2) is 5.75 Å². The molecule has 7 aromatic rings. The Morgan fingerprint density at radius 2 is 0.911 bits per heavy atom. The van der Waals surface area contributed by atoms with E-state index in [0.29, 0.717) is 51.0 Å². The molecule has 45 heavy (non-hydrogen) atoms. The van der Waals surface area contributed by atoms with E-state index in [1.807, 2.05) is 115 Å². The molecule has 6 nitrogen and oxygen atoms in total. The monoisotopic (exact) mass is 592 g/mol. The average Bonchev–Trinajstić information content (AvgIpc) is 3.07. The third-order valence-electron chi connectivity index (χ3n) is 7.81. The molecule has 0 atom stereocenters. The Morgan fingerprint density at radius 1 is 0.467 bits per heavy atom. The van der Waals surface area contributed by atoms with Gasteiger partial charge in [0.2, 0.25) is 0 Å². The third kappa shape index (κ3) is 5.38. The van der Waals surface area contributed by atoms with E-state index in [0.717, 1.165) is 33.5 Å². The molecule has 0 amide bonds. The van der Waals surface area contributed by atoms with Crippen LogP contribution in [0.3, 0.4) is 0 Å². The number of carbonyl (C=O) groups excluding carboxylic acids is 2. The summed E-state index contributed by atoms with van der Waals surface area (Å²) in [6.07, 6.45) is -0.175. The highest BCUT2D eigenvalue weighted by atomic mass is 16.7. The lowest BCUT2D eigenvalue weighted by atomic mass is 9.95. The number of rotatable bonds is 6. The highest BCUT2D eigenvalue weighted by Crippen LogP contribution is 2.45. The number of hydrogen-bond donors (Lipinski definition) is 0. The fraction of sp³-hybridized carbons (Fsp3) is 0.0769. The lowest BCUT2D eigenvalue weighted by molar-refractivity contribution is 0.151. The number of carbonyl (C=O) groups is 2. The van der Waals surface area contributed by atoms with Gasteiger partial charge in [-0.3, -0.25) is 0 Å². The molecule has 0 fully saturated rings. The highest BCUT2D eigenvalue weighted by molar-refractivity contribution is 6.13. The fourth-order valence-corrected chi connectivity index (χ4v) is 5.87. The summed E-state index contributed by atoms with van der Waals surface area (Å²) in [4.78, 5) is 26.8. The van der Waals surface area contributed by atoms with Crippen molar-refractivity contribution in [3.05, 3.63) is 133 Å². The zero-order valence-corrected chi connectivity index (χ0v) is 24.5. The molecule has 220 valence electrons. The SMILES string of the molecule is CCCc1cccc2c(OC(=O)Oc3cccc4ccccc34)c3ccccc3c(OC(=O)Oc3cccc4ccccc34)c12. The molecular weight excluding hydrogens is 564 g/mol. The minimum absolute atomic E-state index is 0.318. The molecule has 0 unspecified atom stereocenters. The number of hydrogen-bond acceptors (Lipinski definition) is 6. The van der Waals surface area contributed by atoms with Gasteiger partial charge in [-0.25, -0.2) is 9.59 Å². The number of aryl methyl sites for hydroxylation is 1. The highest BCUT2D eigenvalue weighted by Gasteiger charge is 2.24. The molecule has 0 saturated heterocycles. The largest absolute Gasteiger partial charge is 0.519 e. The van der Waals surface area contributed by atoms with E-state index in [4.69, 9.17) is 18.9 Å². The second kappa shape index (κ2) is 12.0. The van der Waals surface area contributed by atoms with Gasteiger partial charge >= 0.3 is 12.3 Å². The Kier molecular flexibility index (Phi) is 7.46. The Hall–Kier alpha value is -5.88. The maximum absolute atomic E-state index is 13.4. The normalized spacial score (nSPS) is 11.1. The lowest BCUT2D eigenvalue weighted by Crippen LogP contribution is -2.16. The van der Waals surface area contributed by atoms with Crippen molar-refractivity contribution in [1.82, 2.24) is 0 Å². The quantitative estimate of drug-likeness (QED) is 0.109. The van der Waals surface area contributed by atoms with Crippen LogP contribution in [0.25, 0.3) is 43.1 Å². The molecule has 0 radical (unpaired) electrons. The van der Waals surface area contributed by atoms with Crippen LogP contribution in [0.1, 0.15) is 18.9 Å². The minimum atomic E-state index is -0.872. The Morgan fingerprint density at radius 3 is 1.49 bits per heavy atom. The van der Waals surface area contributed by atoms with Gasteiger partial charge in [-0.05, 0) is 34.9 Å².